The molecule has 0 aliphatic heterocycles. The lowest BCUT2D eigenvalue weighted by Crippen LogP contribution is -2.08. The van der Waals surface area contributed by atoms with E-state index in [0.29, 0.717) is 5.82 Å². The molecule has 0 saturated heterocycles. The van der Waals surface area contributed by atoms with Gasteiger partial charge in [0.1, 0.15) is 5.82 Å². The minimum Gasteiger partial charge on any atom is -0.392 e. The topological polar surface area (TPSA) is 70.9 Å². The molecule has 0 unspecified atom stereocenters. The van der Waals surface area contributed by atoms with Crippen molar-refractivity contribution < 1.29 is 5.11 Å². The third kappa shape index (κ3) is 4.14. The fraction of sp³-hybridized carbons (Fsp3) is 0.211. The van der Waals surface area contributed by atoms with Gasteiger partial charge in [-0.3, -0.25) is 4.98 Å². The number of nitrogens with zero attached hydrogens (tertiary/aromatic N) is 3. The first-order valence-corrected chi connectivity index (χ1v) is 7.93. The van der Waals surface area contributed by atoms with Crippen molar-refractivity contribution in [3.05, 3.63) is 71.7 Å². The number of hydrogen-bond donors (Lipinski definition) is 2. The van der Waals surface area contributed by atoms with E-state index in [4.69, 9.17) is 5.11 Å². The van der Waals surface area contributed by atoms with Crippen molar-refractivity contribution in [3.8, 4) is 11.4 Å². The molecule has 0 radical (unpaired) electrons. The maximum Gasteiger partial charge on any atom is 0.163 e. The number of aliphatic hydroxyl groups excluding tert-OH is 1. The molecule has 3 aromatic rings. The highest BCUT2D eigenvalue weighted by molar-refractivity contribution is 5.56. The van der Waals surface area contributed by atoms with E-state index in [-0.39, 0.29) is 6.61 Å². The van der Waals surface area contributed by atoms with Crippen molar-refractivity contribution in [1.29, 1.82) is 0 Å². The normalized spacial score (nSPS) is 10.6. The SMILES string of the molecule is Cc1cc(NCCc2ccc(CO)cc2)nc(-c2cccnc2)n1. The minimum atomic E-state index is 0.0792. The van der Waals surface area contributed by atoms with Crippen molar-refractivity contribution in [2.45, 2.75) is 20.0 Å². The first kappa shape index (κ1) is 16.1. The molecular weight excluding hydrogens is 300 g/mol. The number of nitrogens with one attached hydrogen (secondary N) is 1. The molecule has 3 rings (SSSR count). The summed E-state index contributed by atoms with van der Waals surface area (Å²) in [4.78, 5) is 13.2. The molecule has 0 spiro atoms. The van der Waals surface area contributed by atoms with Gasteiger partial charge in [-0.15, -0.1) is 0 Å². The predicted molar refractivity (Wildman–Crippen MR) is 94.6 cm³/mol. The Morgan fingerprint density at radius 2 is 1.83 bits per heavy atom. The van der Waals surface area contributed by atoms with Crippen LogP contribution in [0.25, 0.3) is 11.4 Å². The van der Waals surface area contributed by atoms with Crippen LogP contribution in [0, 0.1) is 6.92 Å². The Balaban J connectivity index is 1.65. The second kappa shape index (κ2) is 7.66. The first-order valence-electron chi connectivity index (χ1n) is 7.93. The Morgan fingerprint density at radius 3 is 2.54 bits per heavy atom. The van der Waals surface area contributed by atoms with Crippen molar-refractivity contribution >= 4 is 5.82 Å². The van der Waals surface area contributed by atoms with E-state index >= 15 is 0 Å². The predicted octanol–water partition coefficient (Wildman–Crippen LogP) is 2.99. The van der Waals surface area contributed by atoms with Gasteiger partial charge in [0.25, 0.3) is 0 Å². The fourth-order valence-corrected chi connectivity index (χ4v) is 2.43. The van der Waals surface area contributed by atoms with E-state index in [9.17, 15) is 0 Å². The summed E-state index contributed by atoms with van der Waals surface area (Å²) >= 11 is 0. The molecular formula is C19H20N4O. The van der Waals surface area contributed by atoms with Crippen LogP contribution in [-0.4, -0.2) is 26.6 Å². The fourth-order valence-electron chi connectivity index (χ4n) is 2.43. The number of aromatic nitrogens is 3. The maximum absolute atomic E-state index is 9.07. The van der Waals surface area contributed by atoms with E-state index in [1.807, 2.05) is 49.4 Å². The smallest absolute Gasteiger partial charge is 0.163 e. The molecule has 0 aliphatic rings. The molecule has 5 nitrogen and oxygen atoms in total. The van der Waals surface area contributed by atoms with E-state index in [1.54, 1.807) is 12.4 Å². The minimum absolute atomic E-state index is 0.0792. The Hall–Kier alpha value is -2.79. The van der Waals surface area contributed by atoms with Crippen molar-refractivity contribution in [2.75, 3.05) is 11.9 Å². The summed E-state index contributed by atoms with van der Waals surface area (Å²) in [6.07, 6.45) is 4.39. The summed E-state index contributed by atoms with van der Waals surface area (Å²) in [5, 5.41) is 12.4. The summed E-state index contributed by atoms with van der Waals surface area (Å²) in [5.74, 6) is 1.49. The van der Waals surface area contributed by atoms with Crippen molar-refractivity contribution in [3.63, 3.8) is 0 Å². The van der Waals surface area contributed by atoms with Gasteiger partial charge in [-0.05, 0) is 36.6 Å². The molecule has 0 atom stereocenters. The van der Waals surface area contributed by atoms with Crippen molar-refractivity contribution in [1.82, 2.24) is 15.0 Å². The quantitative estimate of drug-likeness (QED) is 0.730. The van der Waals surface area contributed by atoms with Crippen molar-refractivity contribution in [2.24, 2.45) is 0 Å². The second-order valence-corrected chi connectivity index (χ2v) is 5.61. The van der Waals surface area contributed by atoms with Crippen LogP contribution in [0.3, 0.4) is 0 Å². The number of aliphatic hydroxyl groups is 1. The number of hydrogen-bond acceptors (Lipinski definition) is 5. The lowest BCUT2D eigenvalue weighted by molar-refractivity contribution is 0.282. The highest BCUT2D eigenvalue weighted by atomic mass is 16.3. The Morgan fingerprint density at radius 1 is 1.04 bits per heavy atom. The van der Waals surface area contributed by atoms with Crippen LogP contribution < -0.4 is 5.32 Å². The molecule has 0 saturated carbocycles. The lowest BCUT2D eigenvalue weighted by Gasteiger charge is -2.09. The third-order valence-electron chi connectivity index (χ3n) is 3.70. The summed E-state index contributed by atoms with van der Waals surface area (Å²) in [6.45, 7) is 2.82. The molecule has 0 aliphatic carbocycles. The highest BCUT2D eigenvalue weighted by Gasteiger charge is 2.05. The molecule has 2 N–H and O–H groups in total. The van der Waals surface area contributed by atoms with Crippen LogP contribution >= 0.6 is 0 Å². The van der Waals surface area contributed by atoms with Crippen LogP contribution in [0.4, 0.5) is 5.82 Å². The number of pyridine rings is 1. The highest BCUT2D eigenvalue weighted by Crippen LogP contribution is 2.16. The van der Waals surface area contributed by atoms with Gasteiger partial charge < -0.3 is 10.4 Å². The van der Waals surface area contributed by atoms with Crippen LogP contribution in [0.1, 0.15) is 16.8 Å². The second-order valence-electron chi connectivity index (χ2n) is 5.61. The van der Waals surface area contributed by atoms with Gasteiger partial charge in [0, 0.05) is 36.3 Å². The van der Waals surface area contributed by atoms with E-state index in [2.05, 4.69) is 20.3 Å². The number of anilines is 1. The maximum atomic E-state index is 9.07. The number of aryl methyl sites for hydroxylation is 1. The summed E-state index contributed by atoms with van der Waals surface area (Å²) in [6, 6.07) is 13.8. The number of rotatable bonds is 6. The van der Waals surface area contributed by atoms with E-state index in [1.165, 1.54) is 5.56 Å². The molecule has 5 heteroatoms. The Kier molecular flexibility index (Phi) is 5.13. The van der Waals surface area contributed by atoms with E-state index in [0.717, 1.165) is 35.6 Å². The zero-order valence-corrected chi connectivity index (χ0v) is 13.6. The zero-order chi connectivity index (χ0) is 16.8. The lowest BCUT2D eigenvalue weighted by atomic mass is 10.1. The monoisotopic (exact) mass is 320 g/mol. The van der Waals surface area contributed by atoms with Crippen LogP contribution in [0.5, 0.6) is 0 Å². The van der Waals surface area contributed by atoms with Gasteiger partial charge >= 0.3 is 0 Å². The van der Waals surface area contributed by atoms with Gasteiger partial charge in [0.15, 0.2) is 5.82 Å². The van der Waals surface area contributed by atoms with Crippen LogP contribution in [0.2, 0.25) is 0 Å². The van der Waals surface area contributed by atoms with Gasteiger partial charge in [0.05, 0.1) is 6.61 Å². The van der Waals surface area contributed by atoms with Crippen LogP contribution in [0.15, 0.2) is 54.9 Å². The molecule has 0 fully saturated rings. The molecule has 24 heavy (non-hydrogen) atoms. The molecule has 0 bridgehead atoms. The van der Waals surface area contributed by atoms with Gasteiger partial charge in [-0.25, -0.2) is 9.97 Å². The van der Waals surface area contributed by atoms with E-state index < -0.39 is 0 Å². The average molecular weight is 320 g/mol. The standard InChI is InChI=1S/C19H20N4O/c1-14-11-18(23-19(22-14)17-3-2-9-20-12-17)21-10-8-15-4-6-16(13-24)7-5-15/h2-7,9,11-12,24H,8,10,13H2,1H3,(H,21,22,23). The molecule has 2 aromatic heterocycles. The first-order chi connectivity index (χ1) is 11.7. The summed E-state index contributed by atoms with van der Waals surface area (Å²) in [5.41, 5.74) is 3.97. The molecule has 0 amide bonds. The summed E-state index contributed by atoms with van der Waals surface area (Å²) in [7, 11) is 0. The Bertz CT molecular complexity index is 788. The Labute approximate surface area is 141 Å². The zero-order valence-electron chi connectivity index (χ0n) is 13.6. The number of benzene rings is 1. The summed E-state index contributed by atoms with van der Waals surface area (Å²) < 4.78 is 0. The van der Waals surface area contributed by atoms with Gasteiger partial charge in [-0.1, -0.05) is 24.3 Å². The molecule has 2 heterocycles. The average Bonchev–Trinajstić information content (AvgIpc) is 2.63. The largest absolute Gasteiger partial charge is 0.392 e. The molecule has 1 aromatic carbocycles. The van der Waals surface area contributed by atoms with Gasteiger partial charge in [-0.2, -0.15) is 0 Å². The third-order valence-corrected chi connectivity index (χ3v) is 3.70. The van der Waals surface area contributed by atoms with Crippen LogP contribution in [-0.2, 0) is 13.0 Å². The van der Waals surface area contributed by atoms with Gasteiger partial charge in [0.2, 0.25) is 0 Å². The molecule has 122 valence electrons.